The molecule has 1 aliphatic rings. The molecule has 0 N–H and O–H groups in total. The van der Waals surface area contributed by atoms with Gasteiger partial charge in [0.05, 0.1) is 4.92 Å². The lowest BCUT2D eigenvalue weighted by Gasteiger charge is -2.36. The van der Waals surface area contributed by atoms with E-state index in [0.29, 0.717) is 31.9 Å². The van der Waals surface area contributed by atoms with Crippen molar-refractivity contribution in [2.75, 3.05) is 31.1 Å². The van der Waals surface area contributed by atoms with Gasteiger partial charge in [-0.15, -0.1) is 0 Å². The van der Waals surface area contributed by atoms with Gasteiger partial charge in [0.2, 0.25) is 5.91 Å². The second-order valence-corrected chi connectivity index (χ2v) is 5.75. The molecule has 1 aromatic rings. The molecule has 0 radical (unpaired) electrons. The highest BCUT2D eigenvalue weighted by molar-refractivity contribution is 5.79. The van der Waals surface area contributed by atoms with Gasteiger partial charge >= 0.3 is 0 Å². The first kappa shape index (κ1) is 16.3. The number of para-hydroxylation sites is 2. The Labute approximate surface area is 130 Å². The van der Waals surface area contributed by atoms with Crippen LogP contribution < -0.4 is 4.90 Å². The zero-order valence-electron chi connectivity index (χ0n) is 13.2. The summed E-state index contributed by atoms with van der Waals surface area (Å²) in [5.41, 5.74) is 0.767. The number of rotatable bonds is 5. The van der Waals surface area contributed by atoms with E-state index in [1.54, 1.807) is 12.1 Å². The number of nitro groups is 1. The second kappa shape index (κ2) is 7.24. The van der Waals surface area contributed by atoms with E-state index in [4.69, 9.17) is 0 Å². The fourth-order valence-electron chi connectivity index (χ4n) is 2.92. The molecule has 1 saturated heterocycles. The standard InChI is InChI=1S/C16H23N3O3/c1-3-6-13(2)16(20)18-11-9-17(10-12-18)14-7-4-5-8-15(14)19(21)22/h4-5,7-8,13H,3,6,9-12H2,1-2H3. The molecule has 6 nitrogen and oxygen atoms in total. The van der Waals surface area contributed by atoms with E-state index >= 15 is 0 Å². The molecule has 1 atom stereocenters. The van der Waals surface area contributed by atoms with Gasteiger partial charge in [0, 0.05) is 38.2 Å². The highest BCUT2D eigenvalue weighted by Crippen LogP contribution is 2.28. The molecule has 6 heteroatoms. The summed E-state index contributed by atoms with van der Waals surface area (Å²) in [6.07, 6.45) is 1.91. The number of piperazine rings is 1. The minimum absolute atomic E-state index is 0.0580. The fraction of sp³-hybridized carbons (Fsp3) is 0.562. The molecule has 0 aliphatic carbocycles. The van der Waals surface area contributed by atoms with E-state index in [1.807, 2.05) is 22.8 Å². The first-order chi connectivity index (χ1) is 10.5. The lowest BCUT2D eigenvalue weighted by atomic mass is 10.0. The average Bonchev–Trinajstić information content (AvgIpc) is 2.54. The molecule has 1 heterocycles. The summed E-state index contributed by atoms with van der Waals surface area (Å²) in [6.45, 7) is 6.57. The van der Waals surface area contributed by atoms with Crippen molar-refractivity contribution in [1.82, 2.24) is 4.90 Å². The number of hydrogen-bond donors (Lipinski definition) is 0. The van der Waals surface area contributed by atoms with E-state index in [0.717, 1.165) is 12.8 Å². The predicted molar refractivity (Wildman–Crippen MR) is 86.0 cm³/mol. The summed E-state index contributed by atoms with van der Waals surface area (Å²) >= 11 is 0. The van der Waals surface area contributed by atoms with Crippen LogP contribution in [0.5, 0.6) is 0 Å². The molecule has 0 spiro atoms. The van der Waals surface area contributed by atoms with Gasteiger partial charge < -0.3 is 9.80 Å². The van der Waals surface area contributed by atoms with E-state index in [2.05, 4.69) is 6.92 Å². The quantitative estimate of drug-likeness (QED) is 0.619. The van der Waals surface area contributed by atoms with Crippen molar-refractivity contribution in [2.45, 2.75) is 26.7 Å². The maximum absolute atomic E-state index is 12.3. The molecule has 1 fully saturated rings. The summed E-state index contributed by atoms with van der Waals surface area (Å²) in [6, 6.07) is 6.78. The topological polar surface area (TPSA) is 66.7 Å². The van der Waals surface area contributed by atoms with Crippen LogP contribution in [0.4, 0.5) is 11.4 Å². The number of anilines is 1. The Morgan fingerprint density at radius 2 is 1.91 bits per heavy atom. The highest BCUT2D eigenvalue weighted by atomic mass is 16.6. The number of hydrogen-bond acceptors (Lipinski definition) is 4. The third-order valence-electron chi connectivity index (χ3n) is 4.15. The van der Waals surface area contributed by atoms with Crippen molar-refractivity contribution in [1.29, 1.82) is 0 Å². The minimum Gasteiger partial charge on any atom is -0.362 e. The summed E-state index contributed by atoms with van der Waals surface area (Å²) in [5, 5.41) is 11.1. The van der Waals surface area contributed by atoms with Crippen LogP contribution in [-0.4, -0.2) is 41.9 Å². The van der Waals surface area contributed by atoms with Gasteiger partial charge in [0.1, 0.15) is 5.69 Å². The van der Waals surface area contributed by atoms with Gasteiger partial charge in [-0.1, -0.05) is 32.4 Å². The number of carbonyl (C=O) groups excluding carboxylic acids is 1. The average molecular weight is 305 g/mol. The fourth-order valence-corrected chi connectivity index (χ4v) is 2.92. The van der Waals surface area contributed by atoms with Gasteiger partial charge in [-0.25, -0.2) is 0 Å². The van der Waals surface area contributed by atoms with E-state index in [1.165, 1.54) is 6.07 Å². The molecule has 0 bridgehead atoms. The zero-order valence-corrected chi connectivity index (χ0v) is 13.2. The Morgan fingerprint density at radius 3 is 2.50 bits per heavy atom. The van der Waals surface area contributed by atoms with Crippen molar-refractivity contribution >= 4 is 17.3 Å². The molecular formula is C16H23N3O3. The van der Waals surface area contributed by atoms with Crippen molar-refractivity contribution in [3.05, 3.63) is 34.4 Å². The maximum Gasteiger partial charge on any atom is 0.292 e. The Kier molecular flexibility index (Phi) is 5.35. The first-order valence-electron chi connectivity index (χ1n) is 7.81. The molecular weight excluding hydrogens is 282 g/mol. The van der Waals surface area contributed by atoms with Gasteiger partial charge in [-0.3, -0.25) is 14.9 Å². The van der Waals surface area contributed by atoms with Crippen LogP contribution in [0.25, 0.3) is 0 Å². The molecule has 1 aliphatic heterocycles. The summed E-state index contributed by atoms with van der Waals surface area (Å²) in [5.74, 6) is 0.256. The number of nitro benzene ring substituents is 1. The van der Waals surface area contributed by atoms with Crippen LogP contribution in [0.15, 0.2) is 24.3 Å². The number of nitrogens with zero attached hydrogens (tertiary/aromatic N) is 3. The third kappa shape index (κ3) is 3.55. The molecule has 1 unspecified atom stereocenters. The Morgan fingerprint density at radius 1 is 1.27 bits per heavy atom. The van der Waals surface area contributed by atoms with E-state index in [9.17, 15) is 14.9 Å². The highest BCUT2D eigenvalue weighted by Gasteiger charge is 2.27. The van der Waals surface area contributed by atoms with Crippen molar-refractivity contribution in [3.8, 4) is 0 Å². The summed E-state index contributed by atoms with van der Waals surface area (Å²) < 4.78 is 0. The monoisotopic (exact) mass is 305 g/mol. The third-order valence-corrected chi connectivity index (χ3v) is 4.15. The molecule has 1 amide bonds. The zero-order chi connectivity index (χ0) is 16.1. The lowest BCUT2D eigenvalue weighted by molar-refractivity contribution is -0.384. The van der Waals surface area contributed by atoms with Crippen molar-refractivity contribution in [3.63, 3.8) is 0 Å². The maximum atomic E-state index is 12.3. The normalized spacial score (nSPS) is 16.5. The first-order valence-corrected chi connectivity index (χ1v) is 7.81. The second-order valence-electron chi connectivity index (χ2n) is 5.75. The van der Waals surface area contributed by atoms with Crippen LogP contribution in [0.1, 0.15) is 26.7 Å². The lowest BCUT2D eigenvalue weighted by Crippen LogP contribution is -2.50. The molecule has 0 aromatic heterocycles. The van der Waals surface area contributed by atoms with Gasteiger partial charge in [-0.2, -0.15) is 0 Å². The number of carbonyl (C=O) groups is 1. The SMILES string of the molecule is CCCC(C)C(=O)N1CCN(c2ccccc2[N+](=O)[O-])CC1. The molecule has 120 valence electrons. The molecule has 2 rings (SSSR count). The summed E-state index contributed by atoms with van der Waals surface area (Å²) in [7, 11) is 0. The smallest absolute Gasteiger partial charge is 0.292 e. The van der Waals surface area contributed by atoms with Crippen LogP contribution in [0.3, 0.4) is 0 Å². The van der Waals surface area contributed by atoms with Gasteiger partial charge in [0.25, 0.3) is 5.69 Å². The van der Waals surface area contributed by atoms with Crippen LogP contribution in [-0.2, 0) is 4.79 Å². The predicted octanol–water partition coefficient (Wildman–Crippen LogP) is 2.68. The Balaban J connectivity index is 2.01. The van der Waals surface area contributed by atoms with E-state index in [-0.39, 0.29) is 22.4 Å². The molecule has 0 saturated carbocycles. The van der Waals surface area contributed by atoms with Gasteiger partial charge in [0.15, 0.2) is 0 Å². The number of benzene rings is 1. The van der Waals surface area contributed by atoms with Crippen LogP contribution in [0, 0.1) is 16.0 Å². The molecule has 22 heavy (non-hydrogen) atoms. The van der Waals surface area contributed by atoms with E-state index < -0.39 is 0 Å². The Bertz CT molecular complexity index is 539. The number of amides is 1. The minimum atomic E-state index is -0.351. The summed E-state index contributed by atoms with van der Waals surface area (Å²) in [4.78, 5) is 26.9. The Hall–Kier alpha value is -2.11. The largest absolute Gasteiger partial charge is 0.362 e. The molecule has 1 aromatic carbocycles. The van der Waals surface area contributed by atoms with Crippen LogP contribution in [0.2, 0.25) is 0 Å². The van der Waals surface area contributed by atoms with Gasteiger partial charge in [-0.05, 0) is 12.5 Å². The van der Waals surface area contributed by atoms with Crippen molar-refractivity contribution in [2.24, 2.45) is 5.92 Å². The van der Waals surface area contributed by atoms with Crippen molar-refractivity contribution < 1.29 is 9.72 Å². The van der Waals surface area contributed by atoms with Crippen LogP contribution >= 0.6 is 0 Å².